The van der Waals surface area contributed by atoms with Crippen molar-refractivity contribution in [3.63, 3.8) is 0 Å². The molecule has 25 heavy (non-hydrogen) atoms. The standard InChI is InChI=1S/C21H27FN2O/c1-3-25-21-13-12-20(23-24-21)18-11-10-17(19(22)14-18)9-8-16-6-4-15(2)5-7-16/h10-16H,3-9H2,1-2H3. The summed E-state index contributed by atoms with van der Waals surface area (Å²) in [7, 11) is 0. The monoisotopic (exact) mass is 342 g/mol. The first-order chi connectivity index (χ1) is 12.2. The molecule has 0 N–H and O–H groups in total. The maximum Gasteiger partial charge on any atom is 0.233 e. The van der Waals surface area contributed by atoms with Crippen molar-refractivity contribution in [3.8, 4) is 17.1 Å². The highest BCUT2D eigenvalue weighted by Gasteiger charge is 2.18. The van der Waals surface area contributed by atoms with E-state index in [1.165, 1.54) is 25.7 Å². The van der Waals surface area contributed by atoms with E-state index in [0.717, 1.165) is 35.8 Å². The molecule has 0 spiro atoms. The molecular formula is C21H27FN2O. The summed E-state index contributed by atoms with van der Waals surface area (Å²) in [6.45, 7) is 4.78. The van der Waals surface area contributed by atoms with E-state index in [-0.39, 0.29) is 5.82 Å². The second-order valence-corrected chi connectivity index (χ2v) is 7.16. The van der Waals surface area contributed by atoms with Crippen molar-refractivity contribution in [1.29, 1.82) is 0 Å². The third kappa shape index (κ3) is 4.77. The SMILES string of the molecule is CCOc1ccc(-c2ccc(CCC3CCC(C)CC3)c(F)c2)nn1. The van der Waals surface area contributed by atoms with Crippen LogP contribution in [-0.2, 0) is 6.42 Å². The molecule has 3 nitrogen and oxygen atoms in total. The van der Waals surface area contributed by atoms with Crippen LogP contribution in [0.1, 0.15) is 51.5 Å². The summed E-state index contributed by atoms with van der Waals surface area (Å²) in [5.74, 6) is 1.97. The largest absolute Gasteiger partial charge is 0.477 e. The fourth-order valence-corrected chi connectivity index (χ4v) is 3.59. The zero-order valence-corrected chi connectivity index (χ0v) is 15.2. The topological polar surface area (TPSA) is 35.0 Å². The lowest BCUT2D eigenvalue weighted by Gasteiger charge is -2.26. The summed E-state index contributed by atoms with van der Waals surface area (Å²) in [6, 6.07) is 8.99. The average Bonchev–Trinajstić information content (AvgIpc) is 2.63. The van der Waals surface area contributed by atoms with Crippen molar-refractivity contribution in [1.82, 2.24) is 10.2 Å². The number of halogens is 1. The summed E-state index contributed by atoms with van der Waals surface area (Å²) in [5.41, 5.74) is 2.22. The van der Waals surface area contributed by atoms with E-state index in [0.29, 0.717) is 18.2 Å². The smallest absolute Gasteiger partial charge is 0.233 e. The molecule has 1 aromatic heterocycles. The molecule has 0 radical (unpaired) electrons. The number of hydrogen-bond acceptors (Lipinski definition) is 3. The Hall–Kier alpha value is -1.97. The molecule has 0 saturated heterocycles. The molecule has 2 aromatic rings. The van der Waals surface area contributed by atoms with E-state index < -0.39 is 0 Å². The van der Waals surface area contributed by atoms with Crippen LogP contribution in [-0.4, -0.2) is 16.8 Å². The molecule has 0 atom stereocenters. The van der Waals surface area contributed by atoms with E-state index in [1.54, 1.807) is 12.1 Å². The summed E-state index contributed by atoms with van der Waals surface area (Å²) in [4.78, 5) is 0. The third-order valence-electron chi connectivity index (χ3n) is 5.24. The van der Waals surface area contributed by atoms with Gasteiger partial charge in [-0.25, -0.2) is 4.39 Å². The zero-order chi connectivity index (χ0) is 17.6. The molecule has 0 amide bonds. The van der Waals surface area contributed by atoms with Gasteiger partial charge in [-0.2, -0.15) is 0 Å². The van der Waals surface area contributed by atoms with Crippen molar-refractivity contribution < 1.29 is 9.13 Å². The Morgan fingerprint density at radius 2 is 1.88 bits per heavy atom. The van der Waals surface area contributed by atoms with Crippen LogP contribution in [0.2, 0.25) is 0 Å². The molecule has 1 saturated carbocycles. The number of nitrogens with zero attached hydrogens (tertiary/aromatic N) is 2. The summed E-state index contributed by atoms with van der Waals surface area (Å²) >= 11 is 0. The first-order valence-corrected chi connectivity index (χ1v) is 9.41. The molecule has 1 heterocycles. The predicted molar refractivity (Wildman–Crippen MR) is 98.0 cm³/mol. The molecule has 0 bridgehead atoms. The summed E-state index contributed by atoms with van der Waals surface area (Å²) < 4.78 is 19.8. The summed E-state index contributed by atoms with van der Waals surface area (Å²) in [6.07, 6.45) is 7.14. The number of aromatic nitrogens is 2. The molecule has 1 aliphatic carbocycles. The molecule has 1 aromatic carbocycles. The minimum absolute atomic E-state index is 0.141. The van der Waals surface area contributed by atoms with E-state index >= 15 is 0 Å². The number of hydrogen-bond donors (Lipinski definition) is 0. The van der Waals surface area contributed by atoms with Crippen LogP contribution in [0.5, 0.6) is 5.88 Å². The molecule has 1 aliphatic rings. The van der Waals surface area contributed by atoms with Gasteiger partial charge in [-0.05, 0) is 49.3 Å². The fraction of sp³-hybridized carbons (Fsp3) is 0.524. The van der Waals surface area contributed by atoms with E-state index in [1.807, 2.05) is 25.1 Å². The lowest BCUT2D eigenvalue weighted by molar-refractivity contribution is 0.277. The van der Waals surface area contributed by atoms with Crippen molar-refractivity contribution in [2.24, 2.45) is 11.8 Å². The Morgan fingerprint density at radius 1 is 1.08 bits per heavy atom. The van der Waals surface area contributed by atoms with Gasteiger partial charge >= 0.3 is 0 Å². The van der Waals surface area contributed by atoms with Gasteiger partial charge in [0.1, 0.15) is 5.82 Å². The lowest BCUT2D eigenvalue weighted by atomic mass is 9.80. The van der Waals surface area contributed by atoms with Crippen LogP contribution in [0.25, 0.3) is 11.3 Å². The van der Waals surface area contributed by atoms with Gasteiger partial charge in [0.2, 0.25) is 5.88 Å². The van der Waals surface area contributed by atoms with Gasteiger partial charge in [0.05, 0.1) is 12.3 Å². The second kappa shape index (κ2) is 8.41. The summed E-state index contributed by atoms with van der Waals surface area (Å²) in [5, 5.41) is 8.13. The molecular weight excluding hydrogens is 315 g/mol. The van der Waals surface area contributed by atoms with Gasteiger partial charge in [0.15, 0.2) is 0 Å². The molecule has 0 unspecified atom stereocenters. The van der Waals surface area contributed by atoms with Gasteiger partial charge in [-0.3, -0.25) is 0 Å². The van der Waals surface area contributed by atoms with Gasteiger partial charge < -0.3 is 4.74 Å². The van der Waals surface area contributed by atoms with E-state index in [2.05, 4.69) is 17.1 Å². The van der Waals surface area contributed by atoms with Crippen molar-refractivity contribution in [3.05, 3.63) is 41.7 Å². The van der Waals surface area contributed by atoms with Crippen LogP contribution in [0.15, 0.2) is 30.3 Å². The molecule has 1 fully saturated rings. The second-order valence-electron chi connectivity index (χ2n) is 7.16. The van der Waals surface area contributed by atoms with Gasteiger partial charge in [-0.1, -0.05) is 44.7 Å². The Bertz CT molecular complexity index is 679. The third-order valence-corrected chi connectivity index (χ3v) is 5.24. The highest BCUT2D eigenvalue weighted by molar-refractivity contribution is 5.59. The highest BCUT2D eigenvalue weighted by atomic mass is 19.1. The van der Waals surface area contributed by atoms with Gasteiger partial charge in [-0.15, -0.1) is 10.2 Å². The maximum absolute atomic E-state index is 14.5. The van der Waals surface area contributed by atoms with Crippen molar-refractivity contribution in [2.45, 2.75) is 52.4 Å². The number of benzene rings is 1. The predicted octanol–water partition coefficient (Wildman–Crippen LogP) is 5.44. The van der Waals surface area contributed by atoms with Crippen LogP contribution < -0.4 is 4.74 Å². The minimum Gasteiger partial charge on any atom is -0.477 e. The van der Waals surface area contributed by atoms with Crippen LogP contribution in [0, 0.1) is 17.7 Å². The van der Waals surface area contributed by atoms with Gasteiger partial charge in [0.25, 0.3) is 0 Å². The van der Waals surface area contributed by atoms with Crippen LogP contribution >= 0.6 is 0 Å². The minimum atomic E-state index is -0.141. The van der Waals surface area contributed by atoms with Crippen molar-refractivity contribution >= 4 is 0 Å². The van der Waals surface area contributed by atoms with E-state index in [9.17, 15) is 4.39 Å². The van der Waals surface area contributed by atoms with E-state index in [4.69, 9.17) is 4.74 Å². The number of aryl methyl sites for hydroxylation is 1. The zero-order valence-electron chi connectivity index (χ0n) is 15.2. The first kappa shape index (κ1) is 17.8. The number of rotatable bonds is 6. The van der Waals surface area contributed by atoms with Crippen LogP contribution in [0.3, 0.4) is 0 Å². The van der Waals surface area contributed by atoms with Gasteiger partial charge in [0, 0.05) is 11.6 Å². The lowest BCUT2D eigenvalue weighted by Crippen LogP contribution is -2.13. The quantitative estimate of drug-likeness (QED) is 0.701. The van der Waals surface area contributed by atoms with Crippen LogP contribution in [0.4, 0.5) is 4.39 Å². The first-order valence-electron chi connectivity index (χ1n) is 9.41. The van der Waals surface area contributed by atoms with Crippen molar-refractivity contribution in [2.75, 3.05) is 6.61 Å². The molecule has 3 rings (SSSR count). The molecule has 4 heteroatoms. The number of ether oxygens (including phenoxy) is 1. The molecule has 134 valence electrons. The highest BCUT2D eigenvalue weighted by Crippen LogP contribution is 2.31. The Balaban J connectivity index is 1.62. The Kier molecular flexibility index (Phi) is 6.00. The Labute approximate surface area is 149 Å². The Morgan fingerprint density at radius 3 is 2.52 bits per heavy atom. The average molecular weight is 342 g/mol. The fourth-order valence-electron chi connectivity index (χ4n) is 3.59. The maximum atomic E-state index is 14.5. The molecule has 0 aliphatic heterocycles. The normalized spacial score (nSPS) is 20.4.